The molecule has 3 aliphatic rings. The second-order valence-electron chi connectivity index (χ2n) is 7.87. The molecule has 132 valence electrons. The molecule has 1 spiro atoms. The van der Waals surface area contributed by atoms with Crippen LogP contribution in [-0.4, -0.2) is 49.2 Å². The lowest BCUT2D eigenvalue weighted by Crippen LogP contribution is -2.66. The van der Waals surface area contributed by atoms with Gasteiger partial charge in [-0.25, -0.2) is 0 Å². The number of carbonyl (C=O) groups is 1. The highest BCUT2D eigenvalue weighted by atomic mass is 16.5. The van der Waals surface area contributed by atoms with Gasteiger partial charge in [0.25, 0.3) is 0 Å². The topological polar surface area (TPSA) is 41.6 Å². The quantitative estimate of drug-likeness (QED) is 0.783. The molecular weight excluding hydrogens is 288 g/mol. The van der Waals surface area contributed by atoms with Crippen LogP contribution in [0.4, 0.5) is 0 Å². The van der Waals surface area contributed by atoms with Crippen LogP contribution in [0.5, 0.6) is 0 Å². The van der Waals surface area contributed by atoms with Crippen molar-refractivity contribution >= 4 is 5.91 Å². The van der Waals surface area contributed by atoms with Crippen LogP contribution in [0.1, 0.15) is 59.3 Å². The zero-order valence-electron chi connectivity index (χ0n) is 15.1. The lowest BCUT2D eigenvalue weighted by molar-refractivity contribution is -0.179. The molecule has 3 fully saturated rings. The van der Waals surface area contributed by atoms with Crippen LogP contribution < -0.4 is 5.32 Å². The second kappa shape index (κ2) is 7.10. The van der Waals surface area contributed by atoms with Gasteiger partial charge in [-0.05, 0) is 51.6 Å². The molecule has 1 amide bonds. The molecule has 0 radical (unpaired) electrons. The molecule has 0 aromatic carbocycles. The van der Waals surface area contributed by atoms with E-state index in [9.17, 15) is 4.79 Å². The molecule has 1 saturated heterocycles. The van der Waals surface area contributed by atoms with Crippen LogP contribution in [0.15, 0.2) is 0 Å². The predicted octanol–water partition coefficient (Wildman–Crippen LogP) is 2.82. The van der Waals surface area contributed by atoms with Crippen LogP contribution in [0, 0.1) is 17.3 Å². The molecule has 1 aliphatic heterocycles. The molecule has 2 aliphatic carbocycles. The number of rotatable bonds is 7. The van der Waals surface area contributed by atoms with E-state index in [0.29, 0.717) is 24.0 Å². The Labute approximate surface area is 141 Å². The van der Waals surface area contributed by atoms with E-state index in [1.165, 1.54) is 25.7 Å². The van der Waals surface area contributed by atoms with Crippen molar-refractivity contribution in [1.82, 2.24) is 10.2 Å². The molecule has 0 aromatic rings. The molecule has 4 nitrogen and oxygen atoms in total. The molecule has 4 heteroatoms. The van der Waals surface area contributed by atoms with Crippen molar-refractivity contribution in [2.24, 2.45) is 17.3 Å². The van der Waals surface area contributed by atoms with E-state index in [0.717, 1.165) is 39.1 Å². The van der Waals surface area contributed by atoms with Crippen molar-refractivity contribution in [1.29, 1.82) is 0 Å². The summed E-state index contributed by atoms with van der Waals surface area (Å²) in [5.41, 5.74) is 0.262. The first-order valence-electron chi connectivity index (χ1n) is 9.76. The molecule has 3 unspecified atom stereocenters. The average Bonchev–Trinajstić information content (AvgIpc) is 2.99. The van der Waals surface area contributed by atoms with Gasteiger partial charge in [-0.15, -0.1) is 0 Å². The van der Waals surface area contributed by atoms with Crippen LogP contribution in [0.3, 0.4) is 0 Å². The Morgan fingerprint density at radius 2 is 2.00 bits per heavy atom. The van der Waals surface area contributed by atoms with Crippen molar-refractivity contribution < 1.29 is 9.53 Å². The Hall–Kier alpha value is -0.610. The summed E-state index contributed by atoms with van der Waals surface area (Å²) in [6.07, 6.45) is 7.58. The first-order valence-corrected chi connectivity index (χ1v) is 9.76. The molecular formula is C19H34N2O2. The van der Waals surface area contributed by atoms with E-state index in [2.05, 4.69) is 31.0 Å². The summed E-state index contributed by atoms with van der Waals surface area (Å²) in [5, 5.41) is 3.31. The SMILES string of the molecule is CCCN(C(=O)C(C)C1CNC1)C1CC(OCC)C12CCCC2. The summed E-state index contributed by atoms with van der Waals surface area (Å²) < 4.78 is 6.05. The molecule has 1 heterocycles. The smallest absolute Gasteiger partial charge is 0.226 e. The van der Waals surface area contributed by atoms with Gasteiger partial charge < -0.3 is 15.0 Å². The minimum absolute atomic E-state index is 0.160. The van der Waals surface area contributed by atoms with Gasteiger partial charge in [0, 0.05) is 30.5 Å². The van der Waals surface area contributed by atoms with Gasteiger partial charge in [0.15, 0.2) is 0 Å². The van der Waals surface area contributed by atoms with E-state index in [1.807, 2.05) is 0 Å². The van der Waals surface area contributed by atoms with Gasteiger partial charge in [0.05, 0.1) is 6.10 Å². The van der Waals surface area contributed by atoms with Crippen molar-refractivity contribution in [2.75, 3.05) is 26.2 Å². The third-order valence-corrected chi connectivity index (χ3v) is 6.68. The van der Waals surface area contributed by atoms with E-state index < -0.39 is 0 Å². The monoisotopic (exact) mass is 322 g/mol. The van der Waals surface area contributed by atoms with Crippen LogP contribution in [0.2, 0.25) is 0 Å². The van der Waals surface area contributed by atoms with Crippen molar-refractivity contribution in [3.05, 3.63) is 0 Å². The summed E-state index contributed by atoms with van der Waals surface area (Å²) in [6.45, 7) is 10.1. The number of nitrogens with one attached hydrogen (secondary N) is 1. The zero-order chi connectivity index (χ0) is 16.4. The Morgan fingerprint density at radius 1 is 1.30 bits per heavy atom. The highest BCUT2D eigenvalue weighted by Crippen LogP contribution is 2.57. The van der Waals surface area contributed by atoms with Gasteiger partial charge in [0.1, 0.15) is 0 Å². The number of hydrogen-bond acceptors (Lipinski definition) is 3. The lowest BCUT2D eigenvalue weighted by atomic mass is 9.59. The molecule has 1 N–H and O–H groups in total. The minimum atomic E-state index is 0.160. The first-order chi connectivity index (χ1) is 11.1. The van der Waals surface area contributed by atoms with Gasteiger partial charge in [0.2, 0.25) is 5.91 Å². The predicted molar refractivity (Wildman–Crippen MR) is 92.2 cm³/mol. The summed E-state index contributed by atoms with van der Waals surface area (Å²) in [5.74, 6) is 1.08. The fourth-order valence-corrected chi connectivity index (χ4v) is 5.08. The third kappa shape index (κ3) is 2.93. The number of carbonyl (C=O) groups excluding carboxylic acids is 1. The summed E-state index contributed by atoms with van der Waals surface area (Å²) in [7, 11) is 0. The fraction of sp³-hybridized carbons (Fsp3) is 0.947. The summed E-state index contributed by atoms with van der Waals surface area (Å²) >= 11 is 0. The largest absolute Gasteiger partial charge is 0.378 e. The summed E-state index contributed by atoms with van der Waals surface area (Å²) in [6, 6.07) is 0.421. The van der Waals surface area contributed by atoms with Crippen molar-refractivity contribution in [3.8, 4) is 0 Å². The fourth-order valence-electron chi connectivity index (χ4n) is 5.08. The Kier molecular flexibility index (Phi) is 5.32. The molecule has 0 aromatic heterocycles. The number of ether oxygens (including phenoxy) is 1. The third-order valence-electron chi connectivity index (χ3n) is 6.68. The molecule has 3 rings (SSSR count). The number of hydrogen-bond donors (Lipinski definition) is 1. The van der Waals surface area contributed by atoms with Crippen molar-refractivity contribution in [2.45, 2.75) is 71.4 Å². The lowest BCUT2D eigenvalue weighted by Gasteiger charge is -2.58. The van der Waals surface area contributed by atoms with Crippen LogP contribution >= 0.6 is 0 Å². The average molecular weight is 322 g/mol. The second-order valence-corrected chi connectivity index (χ2v) is 7.87. The number of nitrogens with zero attached hydrogens (tertiary/aromatic N) is 1. The molecule has 3 atom stereocenters. The highest BCUT2D eigenvalue weighted by Gasteiger charge is 2.59. The maximum Gasteiger partial charge on any atom is 0.226 e. The van der Waals surface area contributed by atoms with E-state index in [4.69, 9.17) is 4.74 Å². The van der Waals surface area contributed by atoms with Gasteiger partial charge in [-0.2, -0.15) is 0 Å². The Balaban J connectivity index is 1.73. The van der Waals surface area contributed by atoms with E-state index in [1.54, 1.807) is 0 Å². The van der Waals surface area contributed by atoms with Gasteiger partial charge in [-0.1, -0.05) is 26.7 Å². The summed E-state index contributed by atoms with van der Waals surface area (Å²) in [4.78, 5) is 15.4. The zero-order valence-corrected chi connectivity index (χ0v) is 15.1. The maximum absolute atomic E-state index is 13.2. The maximum atomic E-state index is 13.2. The molecule has 2 saturated carbocycles. The van der Waals surface area contributed by atoms with E-state index >= 15 is 0 Å². The van der Waals surface area contributed by atoms with Crippen molar-refractivity contribution in [3.63, 3.8) is 0 Å². The Morgan fingerprint density at radius 3 is 2.52 bits per heavy atom. The van der Waals surface area contributed by atoms with E-state index in [-0.39, 0.29) is 11.3 Å². The minimum Gasteiger partial charge on any atom is -0.378 e. The van der Waals surface area contributed by atoms with Crippen LogP contribution in [0.25, 0.3) is 0 Å². The first kappa shape index (κ1) is 17.2. The number of amides is 1. The van der Waals surface area contributed by atoms with Gasteiger partial charge in [-0.3, -0.25) is 4.79 Å². The molecule has 23 heavy (non-hydrogen) atoms. The standard InChI is InChI=1S/C19H34N2O2/c1-4-10-21(18(22)14(3)15-12-20-13-15)16-11-17(23-5-2)19(16)8-6-7-9-19/h14-17,20H,4-13H2,1-3H3. The molecule has 0 bridgehead atoms. The normalized spacial score (nSPS) is 30.7. The van der Waals surface area contributed by atoms with Gasteiger partial charge >= 0.3 is 0 Å². The highest BCUT2D eigenvalue weighted by molar-refractivity contribution is 5.79. The Bertz CT molecular complexity index is 416. The van der Waals surface area contributed by atoms with Crippen LogP contribution in [-0.2, 0) is 9.53 Å².